The van der Waals surface area contributed by atoms with E-state index in [1.54, 1.807) is 38.3 Å². The van der Waals surface area contributed by atoms with Gasteiger partial charge in [-0.05, 0) is 42.8 Å². The molecule has 0 bridgehead atoms. The van der Waals surface area contributed by atoms with E-state index in [0.717, 1.165) is 16.1 Å². The Bertz CT molecular complexity index is 1100. The third kappa shape index (κ3) is 4.63. The summed E-state index contributed by atoms with van der Waals surface area (Å²) in [5.41, 5.74) is 10.7. The molecule has 0 saturated heterocycles. The predicted octanol–water partition coefficient (Wildman–Crippen LogP) is 4.58. The van der Waals surface area contributed by atoms with E-state index >= 15 is 0 Å². The van der Waals surface area contributed by atoms with E-state index in [1.807, 2.05) is 36.4 Å². The predicted molar refractivity (Wildman–Crippen MR) is 116 cm³/mol. The molecular weight excluding hydrogens is 402 g/mol. The highest BCUT2D eigenvalue weighted by atomic mass is 32.1. The van der Waals surface area contributed by atoms with E-state index in [1.165, 1.54) is 11.3 Å². The molecule has 0 fully saturated rings. The lowest BCUT2D eigenvalue weighted by molar-refractivity contribution is -0.139. The molecule has 0 aliphatic carbocycles. The molecule has 152 valence electrons. The van der Waals surface area contributed by atoms with Crippen LogP contribution in [0.25, 0.3) is 16.0 Å². The number of thiophene rings is 1. The molecule has 1 aromatic heterocycles. The van der Waals surface area contributed by atoms with E-state index in [2.05, 4.69) is 10.1 Å². The van der Waals surface area contributed by atoms with Crippen molar-refractivity contribution in [1.29, 1.82) is 0 Å². The second-order valence-electron chi connectivity index (χ2n) is 6.07. The van der Waals surface area contributed by atoms with Crippen LogP contribution in [0.15, 0.2) is 60.7 Å². The minimum Gasteiger partial charge on any atom is -0.497 e. The highest BCUT2D eigenvalue weighted by Gasteiger charge is 2.35. The van der Waals surface area contributed by atoms with E-state index in [9.17, 15) is 15.1 Å². The monoisotopic (exact) mass is 421 g/mol. The SMILES string of the molecule is CCOC(=O)C(=[N+]=[N-])C(=O)c1sc(-c2ccccc2)cc1Nc1ccc(OC)cc1. The Morgan fingerprint density at radius 3 is 2.40 bits per heavy atom. The van der Waals surface area contributed by atoms with Gasteiger partial charge in [-0.3, -0.25) is 4.79 Å². The van der Waals surface area contributed by atoms with Crippen molar-refractivity contribution in [2.24, 2.45) is 0 Å². The number of carbonyl (C=O) groups excluding carboxylic acids is 2. The first kappa shape index (κ1) is 21.0. The van der Waals surface area contributed by atoms with Crippen LogP contribution in [-0.2, 0) is 9.53 Å². The molecule has 3 rings (SSSR count). The summed E-state index contributed by atoms with van der Waals surface area (Å²) in [5, 5.41) is 3.19. The van der Waals surface area contributed by atoms with Crippen LogP contribution < -0.4 is 10.1 Å². The molecule has 0 aliphatic rings. The Labute approximate surface area is 177 Å². The lowest BCUT2D eigenvalue weighted by Crippen LogP contribution is -2.27. The van der Waals surface area contributed by atoms with E-state index in [0.29, 0.717) is 11.4 Å². The smallest absolute Gasteiger partial charge is 0.447 e. The second-order valence-corrected chi connectivity index (χ2v) is 7.12. The third-order valence-corrected chi connectivity index (χ3v) is 5.33. The van der Waals surface area contributed by atoms with Gasteiger partial charge in [0.15, 0.2) is 0 Å². The van der Waals surface area contributed by atoms with Crippen LogP contribution in [0.5, 0.6) is 5.75 Å². The van der Waals surface area contributed by atoms with Gasteiger partial charge in [-0.25, -0.2) is 4.79 Å². The number of carbonyl (C=O) groups is 2. The molecule has 0 aliphatic heterocycles. The van der Waals surface area contributed by atoms with Crippen LogP contribution in [0.3, 0.4) is 0 Å². The number of ketones is 1. The summed E-state index contributed by atoms with van der Waals surface area (Å²) >= 11 is 1.19. The average molecular weight is 421 g/mol. The number of nitrogens with one attached hydrogen (secondary N) is 1. The quantitative estimate of drug-likeness (QED) is 0.143. The Morgan fingerprint density at radius 2 is 1.80 bits per heavy atom. The minimum atomic E-state index is -0.977. The highest BCUT2D eigenvalue weighted by Crippen LogP contribution is 2.37. The number of nitrogens with zero attached hydrogens (tertiary/aromatic N) is 2. The fourth-order valence-corrected chi connectivity index (χ4v) is 3.77. The number of hydrogen-bond acceptors (Lipinski definition) is 6. The lowest BCUT2D eigenvalue weighted by Gasteiger charge is -2.07. The third-order valence-electron chi connectivity index (χ3n) is 4.15. The number of rotatable bonds is 8. The van der Waals surface area contributed by atoms with Gasteiger partial charge >= 0.3 is 11.7 Å². The molecular formula is C22H19N3O4S. The molecule has 8 heteroatoms. The van der Waals surface area contributed by atoms with Gasteiger partial charge in [0, 0.05) is 10.6 Å². The first-order chi connectivity index (χ1) is 14.6. The van der Waals surface area contributed by atoms with Crippen molar-refractivity contribution in [2.45, 2.75) is 6.92 Å². The van der Waals surface area contributed by atoms with Crippen LogP contribution >= 0.6 is 11.3 Å². The summed E-state index contributed by atoms with van der Waals surface area (Å²) < 4.78 is 10.00. The zero-order valence-corrected chi connectivity index (χ0v) is 17.2. The van der Waals surface area contributed by atoms with Crippen molar-refractivity contribution >= 4 is 40.2 Å². The van der Waals surface area contributed by atoms with Gasteiger partial charge in [-0.1, -0.05) is 30.3 Å². The Kier molecular flexibility index (Phi) is 6.75. The lowest BCUT2D eigenvalue weighted by atomic mass is 10.1. The van der Waals surface area contributed by atoms with Gasteiger partial charge in [0.25, 0.3) is 5.78 Å². The van der Waals surface area contributed by atoms with Crippen molar-refractivity contribution in [3.63, 3.8) is 0 Å². The summed E-state index contributed by atoms with van der Waals surface area (Å²) in [7, 11) is 1.58. The molecule has 3 aromatic rings. The maximum Gasteiger partial charge on any atom is 0.447 e. The molecule has 0 amide bonds. The normalized spacial score (nSPS) is 10.1. The van der Waals surface area contributed by atoms with Crippen LogP contribution in [0.4, 0.5) is 11.4 Å². The van der Waals surface area contributed by atoms with Gasteiger partial charge in [0.2, 0.25) is 0 Å². The first-order valence-electron chi connectivity index (χ1n) is 9.11. The van der Waals surface area contributed by atoms with E-state index in [-0.39, 0.29) is 11.5 Å². The van der Waals surface area contributed by atoms with Gasteiger partial charge in [-0.15, -0.1) is 11.3 Å². The fourth-order valence-electron chi connectivity index (χ4n) is 2.71. The summed E-state index contributed by atoms with van der Waals surface area (Å²) in [5.74, 6) is -1.00. The maximum absolute atomic E-state index is 13.0. The second kappa shape index (κ2) is 9.65. The van der Waals surface area contributed by atoms with Crippen molar-refractivity contribution in [1.82, 2.24) is 0 Å². The number of anilines is 2. The van der Waals surface area contributed by atoms with Crippen LogP contribution in [-0.4, -0.2) is 36.0 Å². The number of esters is 1. The van der Waals surface area contributed by atoms with Crippen LogP contribution in [0.1, 0.15) is 16.6 Å². The van der Waals surface area contributed by atoms with Gasteiger partial charge in [-0.2, -0.15) is 4.79 Å². The zero-order chi connectivity index (χ0) is 21.5. The van der Waals surface area contributed by atoms with E-state index in [4.69, 9.17) is 9.47 Å². The summed E-state index contributed by atoms with van der Waals surface area (Å²) in [4.78, 5) is 29.0. The van der Waals surface area contributed by atoms with Crippen molar-refractivity contribution < 1.29 is 23.9 Å². The number of benzene rings is 2. The Morgan fingerprint density at radius 1 is 1.10 bits per heavy atom. The fraction of sp³-hybridized carbons (Fsp3) is 0.136. The molecule has 1 N–H and O–H groups in total. The molecule has 30 heavy (non-hydrogen) atoms. The first-order valence-corrected chi connectivity index (χ1v) is 9.93. The van der Waals surface area contributed by atoms with Gasteiger partial charge in [0.05, 0.1) is 19.4 Å². The van der Waals surface area contributed by atoms with Crippen LogP contribution in [0, 0.1) is 0 Å². The maximum atomic E-state index is 13.0. The average Bonchev–Trinajstić information content (AvgIpc) is 3.19. The minimum absolute atomic E-state index is 0.0573. The molecule has 2 aromatic carbocycles. The summed E-state index contributed by atoms with van der Waals surface area (Å²) in [6.45, 7) is 1.66. The largest absolute Gasteiger partial charge is 0.497 e. The standard InChI is InChI=1S/C22H19N3O4S/c1-3-29-22(27)19(25-23)20(26)21-17(24-15-9-11-16(28-2)12-10-15)13-18(30-21)14-7-5-4-6-8-14/h4-13,24H,3H2,1-2H3. The molecule has 0 saturated carbocycles. The topological polar surface area (TPSA) is 101 Å². The van der Waals surface area contributed by atoms with E-state index < -0.39 is 17.5 Å². The van der Waals surface area contributed by atoms with Gasteiger partial charge in [0.1, 0.15) is 10.6 Å². The molecule has 7 nitrogen and oxygen atoms in total. The number of methoxy groups -OCH3 is 1. The molecule has 0 radical (unpaired) electrons. The zero-order valence-electron chi connectivity index (χ0n) is 16.4. The highest BCUT2D eigenvalue weighted by molar-refractivity contribution is 7.19. The Hall–Kier alpha value is -3.74. The number of ether oxygens (including phenoxy) is 2. The summed E-state index contributed by atoms with van der Waals surface area (Å²) in [6.07, 6.45) is 0. The molecule has 0 atom stereocenters. The number of Topliss-reactive ketones (excluding diaryl/α,β-unsaturated/α-hetero) is 1. The molecule has 1 heterocycles. The Balaban J connectivity index is 2.03. The number of hydrogen-bond donors (Lipinski definition) is 1. The summed E-state index contributed by atoms with van der Waals surface area (Å²) in [6, 6.07) is 18.5. The van der Waals surface area contributed by atoms with Crippen molar-refractivity contribution in [3.05, 3.63) is 71.1 Å². The van der Waals surface area contributed by atoms with Crippen LogP contribution in [0.2, 0.25) is 0 Å². The molecule has 0 unspecified atom stereocenters. The van der Waals surface area contributed by atoms with Crippen molar-refractivity contribution in [3.8, 4) is 16.2 Å². The van der Waals surface area contributed by atoms with Gasteiger partial charge < -0.3 is 20.3 Å². The molecule has 0 spiro atoms. The van der Waals surface area contributed by atoms with Crippen molar-refractivity contribution in [2.75, 3.05) is 19.0 Å².